The van der Waals surface area contributed by atoms with Gasteiger partial charge in [-0.15, -0.1) is 0 Å². The molecule has 0 unspecified atom stereocenters. The molecule has 3 heterocycles. The lowest BCUT2D eigenvalue weighted by molar-refractivity contribution is 0.655. The van der Waals surface area contributed by atoms with Crippen LogP contribution in [-0.2, 0) is 13.6 Å². The van der Waals surface area contributed by atoms with Crippen molar-refractivity contribution in [3.05, 3.63) is 29.4 Å². The molecule has 3 aromatic rings. The lowest BCUT2D eigenvalue weighted by Crippen LogP contribution is -2.09. The van der Waals surface area contributed by atoms with Crippen LogP contribution in [0.4, 0.5) is 5.82 Å². The quantitative estimate of drug-likeness (QED) is 0.792. The molecule has 0 amide bonds. The van der Waals surface area contributed by atoms with Gasteiger partial charge in [0, 0.05) is 19.8 Å². The Morgan fingerprint density at radius 3 is 2.80 bits per heavy atom. The van der Waals surface area contributed by atoms with Crippen LogP contribution in [0.1, 0.15) is 12.7 Å². The van der Waals surface area contributed by atoms with Crippen LogP contribution in [0.2, 0.25) is 5.02 Å². The van der Waals surface area contributed by atoms with Crippen LogP contribution < -0.4 is 5.32 Å². The van der Waals surface area contributed by atoms with Crippen molar-refractivity contribution in [3.63, 3.8) is 0 Å². The molecular weight excluding hydrogens is 278 g/mol. The molecule has 0 saturated carbocycles. The Morgan fingerprint density at radius 2 is 2.10 bits per heavy atom. The highest BCUT2D eigenvalue weighted by Gasteiger charge is 2.11. The number of fused-ring (bicyclic) bond motifs is 1. The molecule has 0 aliphatic heterocycles. The summed E-state index contributed by atoms with van der Waals surface area (Å²) in [6.45, 7) is 3.28. The number of aryl methyl sites for hydroxylation is 1. The minimum atomic E-state index is 0.465. The predicted molar refractivity (Wildman–Crippen MR) is 76.8 cm³/mol. The van der Waals surface area contributed by atoms with E-state index >= 15 is 0 Å². The Labute approximate surface area is 120 Å². The first-order chi connectivity index (χ1) is 9.67. The van der Waals surface area contributed by atoms with E-state index in [0.717, 1.165) is 23.4 Å². The zero-order chi connectivity index (χ0) is 14.1. The highest BCUT2D eigenvalue weighted by atomic mass is 35.5. The van der Waals surface area contributed by atoms with Crippen LogP contribution in [0.25, 0.3) is 11.0 Å². The minimum Gasteiger partial charge on any atom is -0.370 e. The molecule has 20 heavy (non-hydrogen) atoms. The second kappa shape index (κ2) is 5.09. The van der Waals surface area contributed by atoms with Gasteiger partial charge in [0.1, 0.15) is 12.4 Å². The van der Waals surface area contributed by atoms with Gasteiger partial charge in [0.05, 0.1) is 22.8 Å². The van der Waals surface area contributed by atoms with Crippen molar-refractivity contribution in [2.45, 2.75) is 13.5 Å². The number of nitrogens with zero attached hydrogens (tertiary/aromatic N) is 6. The van der Waals surface area contributed by atoms with Crippen molar-refractivity contribution in [2.75, 3.05) is 11.9 Å². The molecule has 0 aliphatic rings. The first kappa shape index (κ1) is 12.9. The Morgan fingerprint density at radius 1 is 1.25 bits per heavy atom. The summed E-state index contributed by atoms with van der Waals surface area (Å²) >= 11 is 5.86. The van der Waals surface area contributed by atoms with Crippen molar-refractivity contribution in [1.29, 1.82) is 0 Å². The summed E-state index contributed by atoms with van der Waals surface area (Å²) in [5.41, 5.74) is 0.796. The third-order valence-corrected chi connectivity index (χ3v) is 3.08. The molecule has 3 rings (SSSR count). The summed E-state index contributed by atoms with van der Waals surface area (Å²) in [6.07, 6.45) is 5.10. The maximum absolute atomic E-state index is 5.86. The molecule has 0 fully saturated rings. The first-order valence-corrected chi connectivity index (χ1v) is 6.65. The van der Waals surface area contributed by atoms with Crippen LogP contribution in [0.3, 0.4) is 0 Å². The largest absolute Gasteiger partial charge is 0.370 e. The average molecular weight is 292 g/mol. The van der Waals surface area contributed by atoms with Crippen molar-refractivity contribution < 1.29 is 0 Å². The van der Waals surface area contributed by atoms with Crippen LogP contribution in [0.5, 0.6) is 0 Å². The fourth-order valence-corrected chi connectivity index (χ4v) is 2.17. The van der Waals surface area contributed by atoms with E-state index in [1.165, 1.54) is 0 Å². The fourth-order valence-electron chi connectivity index (χ4n) is 2.01. The molecule has 0 spiro atoms. The number of rotatable bonds is 4. The normalized spacial score (nSPS) is 11.2. The first-order valence-electron chi connectivity index (χ1n) is 6.28. The highest BCUT2D eigenvalue weighted by Crippen LogP contribution is 2.19. The van der Waals surface area contributed by atoms with Gasteiger partial charge >= 0.3 is 0 Å². The zero-order valence-corrected chi connectivity index (χ0v) is 12.0. The standard InChI is InChI=1S/C12H14ClN7/c1-3-14-11-9-5-15-19(2)12(9)18-10(17-11)7-20-6-8(13)4-16-20/h4-6H,3,7H2,1-2H3,(H,14,17,18). The fraction of sp³-hybridized carbons (Fsp3) is 0.333. The average Bonchev–Trinajstić information content (AvgIpc) is 2.98. The van der Waals surface area contributed by atoms with E-state index in [0.29, 0.717) is 17.4 Å². The van der Waals surface area contributed by atoms with E-state index in [2.05, 4.69) is 25.5 Å². The van der Waals surface area contributed by atoms with Gasteiger partial charge < -0.3 is 5.32 Å². The molecule has 0 aromatic carbocycles. The van der Waals surface area contributed by atoms with Gasteiger partial charge in [0.25, 0.3) is 0 Å². The van der Waals surface area contributed by atoms with Crippen molar-refractivity contribution in [1.82, 2.24) is 29.5 Å². The summed E-state index contributed by atoms with van der Waals surface area (Å²) < 4.78 is 3.44. The van der Waals surface area contributed by atoms with Crippen LogP contribution in [0, 0.1) is 0 Å². The van der Waals surface area contributed by atoms with Crippen molar-refractivity contribution in [3.8, 4) is 0 Å². The number of hydrogen-bond donors (Lipinski definition) is 1. The number of aromatic nitrogens is 6. The molecule has 0 aliphatic carbocycles. The number of nitrogens with one attached hydrogen (secondary N) is 1. The van der Waals surface area contributed by atoms with E-state index in [9.17, 15) is 0 Å². The summed E-state index contributed by atoms with van der Waals surface area (Å²) in [7, 11) is 1.86. The van der Waals surface area contributed by atoms with Crippen LogP contribution >= 0.6 is 11.6 Å². The third-order valence-electron chi connectivity index (χ3n) is 2.89. The van der Waals surface area contributed by atoms with Gasteiger partial charge in [-0.1, -0.05) is 11.6 Å². The summed E-state index contributed by atoms with van der Waals surface area (Å²) in [4.78, 5) is 9.06. The second-order valence-corrected chi connectivity index (χ2v) is 4.82. The molecule has 104 valence electrons. The SMILES string of the molecule is CCNc1nc(Cn2cc(Cl)cn2)nc2c1cnn2C. The molecule has 0 bridgehead atoms. The number of anilines is 1. The molecule has 0 saturated heterocycles. The summed E-state index contributed by atoms with van der Waals surface area (Å²) in [5.74, 6) is 1.45. The Kier molecular flexibility index (Phi) is 3.27. The lowest BCUT2D eigenvalue weighted by Gasteiger charge is -2.07. The van der Waals surface area contributed by atoms with Gasteiger partial charge in [-0.3, -0.25) is 9.36 Å². The predicted octanol–water partition coefficient (Wildman–Crippen LogP) is 1.69. The molecule has 7 nitrogen and oxygen atoms in total. The maximum Gasteiger partial charge on any atom is 0.163 e. The third kappa shape index (κ3) is 2.32. The van der Waals surface area contributed by atoms with Crippen LogP contribution in [0.15, 0.2) is 18.6 Å². The molecule has 8 heteroatoms. The van der Waals surface area contributed by atoms with Crippen LogP contribution in [-0.4, -0.2) is 36.1 Å². The Hall–Kier alpha value is -2.15. The zero-order valence-electron chi connectivity index (χ0n) is 11.2. The van der Waals surface area contributed by atoms with Gasteiger partial charge in [0.15, 0.2) is 11.5 Å². The molecule has 0 atom stereocenters. The van der Waals surface area contributed by atoms with Crippen molar-refractivity contribution in [2.24, 2.45) is 7.05 Å². The minimum absolute atomic E-state index is 0.465. The van der Waals surface area contributed by atoms with E-state index in [1.54, 1.807) is 28.0 Å². The highest BCUT2D eigenvalue weighted by molar-refractivity contribution is 6.30. The molecule has 1 N–H and O–H groups in total. The molecule has 3 aromatic heterocycles. The van der Waals surface area contributed by atoms with Gasteiger partial charge in [-0.25, -0.2) is 9.97 Å². The van der Waals surface area contributed by atoms with Crippen molar-refractivity contribution >= 4 is 28.5 Å². The Balaban J connectivity index is 2.04. The topological polar surface area (TPSA) is 73.5 Å². The molecule has 0 radical (unpaired) electrons. The van der Waals surface area contributed by atoms with Gasteiger partial charge in [-0.2, -0.15) is 10.2 Å². The van der Waals surface area contributed by atoms with E-state index < -0.39 is 0 Å². The smallest absolute Gasteiger partial charge is 0.163 e. The number of halogens is 1. The van der Waals surface area contributed by atoms with E-state index in [-0.39, 0.29) is 0 Å². The van der Waals surface area contributed by atoms with E-state index in [4.69, 9.17) is 11.6 Å². The monoisotopic (exact) mass is 291 g/mol. The number of hydrogen-bond acceptors (Lipinski definition) is 5. The van der Waals surface area contributed by atoms with Gasteiger partial charge in [0.2, 0.25) is 0 Å². The summed E-state index contributed by atoms with van der Waals surface area (Å²) in [5, 5.41) is 13.1. The summed E-state index contributed by atoms with van der Waals surface area (Å²) in [6, 6.07) is 0. The molecular formula is C12H14ClN7. The maximum atomic E-state index is 5.86. The Bertz CT molecular complexity index is 745. The van der Waals surface area contributed by atoms with Gasteiger partial charge in [-0.05, 0) is 6.92 Å². The van der Waals surface area contributed by atoms with E-state index in [1.807, 2.05) is 14.0 Å². The lowest BCUT2D eigenvalue weighted by atomic mass is 10.3. The second-order valence-electron chi connectivity index (χ2n) is 4.38.